The van der Waals surface area contributed by atoms with E-state index < -0.39 is 9.84 Å². The molecule has 5 rings (SSSR count). The molecule has 2 aromatic carbocycles. The van der Waals surface area contributed by atoms with Crippen molar-refractivity contribution < 1.29 is 22.7 Å². The first kappa shape index (κ1) is 25.1. The van der Waals surface area contributed by atoms with Gasteiger partial charge < -0.3 is 9.47 Å². The molecule has 0 radical (unpaired) electrons. The van der Waals surface area contributed by atoms with Gasteiger partial charge in [0.25, 0.3) is 0 Å². The van der Waals surface area contributed by atoms with E-state index in [0.717, 1.165) is 38.4 Å². The van der Waals surface area contributed by atoms with E-state index in [9.17, 15) is 13.2 Å². The highest BCUT2D eigenvalue weighted by atomic mass is 32.2. The minimum Gasteiger partial charge on any atom is -0.492 e. The predicted molar refractivity (Wildman–Crippen MR) is 137 cm³/mol. The number of nitrogens with zero attached hydrogens (tertiary/aromatic N) is 4. The van der Waals surface area contributed by atoms with Gasteiger partial charge in [0, 0.05) is 50.8 Å². The third-order valence-electron chi connectivity index (χ3n) is 6.34. The Morgan fingerprint density at radius 3 is 2.65 bits per heavy atom. The van der Waals surface area contributed by atoms with Crippen molar-refractivity contribution in [3.05, 3.63) is 84.4 Å². The van der Waals surface area contributed by atoms with Crippen LogP contribution in [-0.2, 0) is 21.0 Å². The standard InChI is InChI=1S/C27H28N4O5S/c32-26(22-19-29-27-28-10-11-31(27)20-22)9-6-21-4-7-24(8-5-21)37(33,34)25-3-1-2-23(18-25)36-17-14-30-12-15-35-16-13-30/h1-5,7-8,10-11,18-20H,6,9,12-17H2. The molecule has 1 saturated heterocycles. The number of ketones is 1. The minimum absolute atomic E-state index is 0.0368. The van der Waals surface area contributed by atoms with Gasteiger partial charge in [0.15, 0.2) is 5.78 Å². The summed E-state index contributed by atoms with van der Waals surface area (Å²) in [6.07, 6.45) is 7.40. The molecule has 0 spiro atoms. The van der Waals surface area contributed by atoms with Crippen LogP contribution in [0.25, 0.3) is 5.78 Å². The number of imidazole rings is 1. The van der Waals surface area contributed by atoms with Crippen LogP contribution in [0.15, 0.2) is 83.1 Å². The normalized spacial score (nSPS) is 14.6. The van der Waals surface area contributed by atoms with Gasteiger partial charge in [-0.2, -0.15) is 0 Å². The largest absolute Gasteiger partial charge is 0.492 e. The monoisotopic (exact) mass is 520 g/mol. The minimum atomic E-state index is -3.70. The van der Waals surface area contributed by atoms with Gasteiger partial charge in [0.1, 0.15) is 12.4 Å². The summed E-state index contributed by atoms with van der Waals surface area (Å²) in [4.78, 5) is 23.5. The number of carbonyl (C=O) groups excluding carboxylic acids is 1. The number of ether oxygens (including phenoxy) is 2. The summed E-state index contributed by atoms with van der Waals surface area (Å²) in [6, 6.07) is 13.3. The van der Waals surface area contributed by atoms with Crippen molar-refractivity contribution in [1.29, 1.82) is 0 Å². The molecule has 0 atom stereocenters. The Hall–Kier alpha value is -3.60. The molecule has 0 N–H and O–H groups in total. The van der Waals surface area contributed by atoms with Gasteiger partial charge in [0.2, 0.25) is 15.6 Å². The van der Waals surface area contributed by atoms with E-state index >= 15 is 0 Å². The highest BCUT2D eigenvalue weighted by Crippen LogP contribution is 2.25. The molecule has 192 valence electrons. The number of sulfone groups is 1. The first-order chi connectivity index (χ1) is 18.0. The van der Waals surface area contributed by atoms with Crippen LogP contribution in [0.2, 0.25) is 0 Å². The van der Waals surface area contributed by atoms with Crippen molar-refractivity contribution in [3.63, 3.8) is 0 Å². The maximum absolute atomic E-state index is 13.2. The number of aryl methyl sites for hydroxylation is 1. The maximum atomic E-state index is 13.2. The van der Waals surface area contributed by atoms with Gasteiger partial charge in [-0.3, -0.25) is 14.1 Å². The molecule has 1 fully saturated rings. The molecule has 0 bridgehead atoms. The van der Waals surface area contributed by atoms with Crippen LogP contribution < -0.4 is 4.74 Å². The van der Waals surface area contributed by atoms with E-state index in [1.165, 1.54) is 6.20 Å². The average molecular weight is 521 g/mol. The quantitative estimate of drug-likeness (QED) is 0.294. The topological polar surface area (TPSA) is 103 Å². The Balaban J connectivity index is 1.19. The molecule has 10 heteroatoms. The van der Waals surface area contributed by atoms with Crippen LogP contribution >= 0.6 is 0 Å². The summed E-state index contributed by atoms with van der Waals surface area (Å²) in [5.41, 5.74) is 1.39. The fraction of sp³-hybridized carbons (Fsp3) is 0.296. The molecule has 37 heavy (non-hydrogen) atoms. The molecular weight excluding hydrogens is 492 g/mol. The van der Waals surface area contributed by atoms with Crippen LogP contribution in [0.5, 0.6) is 5.75 Å². The lowest BCUT2D eigenvalue weighted by molar-refractivity contribution is 0.0322. The molecule has 9 nitrogen and oxygen atoms in total. The van der Waals surface area contributed by atoms with Crippen molar-refractivity contribution in [3.8, 4) is 5.75 Å². The van der Waals surface area contributed by atoms with Gasteiger partial charge in [-0.15, -0.1) is 0 Å². The summed E-state index contributed by atoms with van der Waals surface area (Å²) in [5.74, 6) is 1.02. The number of aromatic nitrogens is 3. The SMILES string of the molecule is O=C(CCc1ccc(S(=O)(=O)c2cccc(OCCN3CCOCC3)c2)cc1)c1cnc2nccn2c1. The maximum Gasteiger partial charge on any atom is 0.233 e. The Labute approximate surface area is 215 Å². The van der Waals surface area contributed by atoms with Crippen LogP contribution in [0.1, 0.15) is 22.3 Å². The van der Waals surface area contributed by atoms with E-state index in [1.54, 1.807) is 71.5 Å². The van der Waals surface area contributed by atoms with E-state index in [1.807, 2.05) is 0 Å². The fourth-order valence-corrected chi connectivity index (χ4v) is 5.48. The summed E-state index contributed by atoms with van der Waals surface area (Å²) in [7, 11) is -3.70. The van der Waals surface area contributed by atoms with Crippen LogP contribution in [0, 0.1) is 0 Å². The zero-order valence-electron chi connectivity index (χ0n) is 20.3. The molecule has 2 aromatic heterocycles. The molecule has 0 amide bonds. The number of hydrogen-bond acceptors (Lipinski definition) is 8. The molecule has 0 saturated carbocycles. The van der Waals surface area contributed by atoms with Gasteiger partial charge in [-0.05, 0) is 42.3 Å². The smallest absolute Gasteiger partial charge is 0.233 e. The lowest BCUT2D eigenvalue weighted by Gasteiger charge is -2.26. The Bertz CT molecular complexity index is 1480. The summed E-state index contributed by atoms with van der Waals surface area (Å²) in [5, 5.41) is 0. The number of benzene rings is 2. The molecule has 1 aliphatic rings. The van der Waals surface area contributed by atoms with Crippen molar-refractivity contribution in [2.24, 2.45) is 0 Å². The van der Waals surface area contributed by atoms with Gasteiger partial charge in [-0.1, -0.05) is 18.2 Å². The molecule has 0 unspecified atom stereocenters. The lowest BCUT2D eigenvalue weighted by Crippen LogP contribution is -2.38. The number of rotatable bonds is 10. The zero-order chi connectivity index (χ0) is 25.7. The second-order valence-corrected chi connectivity index (χ2v) is 10.8. The number of carbonyl (C=O) groups is 1. The van der Waals surface area contributed by atoms with E-state index in [2.05, 4.69) is 14.9 Å². The predicted octanol–water partition coefficient (Wildman–Crippen LogP) is 3.09. The number of morpholine rings is 1. The second kappa shape index (κ2) is 11.2. The summed E-state index contributed by atoms with van der Waals surface area (Å²) < 4.78 is 39.3. The first-order valence-corrected chi connectivity index (χ1v) is 13.7. The van der Waals surface area contributed by atoms with E-state index in [4.69, 9.17) is 9.47 Å². The van der Waals surface area contributed by atoms with Gasteiger partial charge in [0.05, 0.1) is 28.6 Å². The van der Waals surface area contributed by atoms with Crippen LogP contribution in [-0.4, -0.2) is 72.9 Å². The summed E-state index contributed by atoms with van der Waals surface area (Å²) in [6.45, 7) is 4.44. The average Bonchev–Trinajstić information content (AvgIpc) is 3.41. The molecular formula is C27H28N4O5S. The molecule has 3 heterocycles. The summed E-state index contributed by atoms with van der Waals surface area (Å²) >= 11 is 0. The Morgan fingerprint density at radius 1 is 1.03 bits per heavy atom. The third-order valence-corrected chi connectivity index (χ3v) is 8.10. The van der Waals surface area contributed by atoms with E-state index in [-0.39, 0.29) is 22.0 Å². The molecule has 1 aliphatic heterocycles. The Morgan fingerprint density at radius 2 is 1.84 bits per heavy atom. The first-order valence-electron chi connectivity index (χ1n) is 12.2. The fourth-order valence-electron chi connectivity index (χ4n) is 4.18. The zero-order valence-corrected chi connectivity index (χ0v) is 21.1. The third kappa shape index (κ3) is 6.04. The number of Topliss-reactive ketones (excluding diaryl/α,β-unsaturated/α-hetero) is 1. The van der Waals surface area contributed by atoms with Crippen molar-refractivity contribution >= 4 is 21.4 Å². The second-order valence-electron chi connectivity index (χ2n) is 8.83. The highest BCUT2D eigenvalue weighted by molar-refractivity contribution is 7.91. The van der Waals surface area contributed by atoms with Crippen molar-refractivity contribution in [2.75, 3.05) is 39.5 Å². The van der Waals surface area contributed by atoms with Crippen molar-refractivity contribution in [1.82, 2.24) is 19.3 Å². The Kier molecular flexibility index (Phi) is 7.59. The number of hydrogen-bond donors (Lipinski definition) is 0. The van der Waals surface area contributed by atoms with Crippen molar-refractivity contribution in [2.45, 2.75) is 22.6 Å². The highest BCUT2D eigenvalue weighted by Gasteiger charge is 2.19. The van der Waals surface area contributed by atoms with Gasteiger partial charge >= 0.3 is 0 Å². The molecule has 4 aromatic rings. The van der Waals surface area contributed by atoms with Crippen LogP contribution in [0.3, 0.4) is 0 Å². The van der Waals surface area contributed by atoms with E-state index in [0.29, 0.717) is 30.1 Å². The van der Waals surface area contributed by atoms with Gasteiger partial charge in [-0.25, -0.2) is 18.4 Å². The number of fused-ring (bicyclic) bond motifs is 1. The molecule has 0 aliphatic carbocycles. The van der Waals surface area contributed by atoms with Crippen LogP contribution in [0.4, 0.5) is 0 Å². The lowest BCUT2D eigenvalue weighted by atomic mass is 10.0.